The van der Waals surface area contributed by atoms with Crippen molar-refractivity contribution >= 4 is 11.9 Å². The summed E-state index contributed by atoms with van der Waals surface area (Å²) in [6.45, 7) is 1.88. The van der Waals surface area contributed by atoms with E-state index < -0.39 is 24.1 Å². The van der Waals surface area contributed by atoms with E-state index in [1.54, 1.807) is 6.92 Å². The molecule has 21 heavy (non-hydrogen) atoms. The molecule has 2 atom stereocenters. The van der Waals surface area contributed by atoms with Gasteiger partial charge >= 0.3 is 6.09 Å². The van der Waals surface area contributed by atoms with E-state index in [1.165, 1.54) is 0 Å². The number of alkyl carbamates (subject to hydrolysis) is 1. The number of aliphatic hydroxyl groups excluding tert-OH is 2. The highest BCUT2D eigenvalue weighted by Crippen LogP contribution is 2.03. The van der Waals surface area contributed by atoms with E-state index >= 15 is 0 Å². The maximum atomic E-state index is 11.4. The summed E-state index contributed by atoms with van der Waals surface area (Å²) < 4.78 is 4.98. The first kappa shape index (κ1) is 17.1. The molecule has 0 aliphatic carbocycles. The number of hydrogen-bond donors (Lipinski definition) is 3. The van der Waals surface area contributed by atoms with Gasteiger partial charge in [-0.2, -0.15) is 0 Å². The number of carbonyl (C=O) groups is 2. The predicted molar refractivity (Wildman–Crippen MR) is 76.6 cm³/mol. The second-order valence-corrected chi connectivity index (χ2v) is 4.61. The van der Waals surface area contributed by atoms with Crippen molar-refractivity contribution in [3.8, 4) is 0 Å². The van der Waals surface area contributed by atoms with Crippen LogP contribution in [-0.2, 0) is 16.1 Å². The van der Waals surface area contributed by atoms with Crippen molar-refractivity contribution in [3.63, 3.8) is 0 Å². The monoisotopic (exact) mass is 295 g/mol. The molecule has 0 heterocycles. The number of nitrogens with one attached hydrogen (secondary N) is 1. The number of aliphatic hydroxyl groups is 2. The number of carbonyl (C=O) groups excluding carboxylic acids is 2. The lowest BCUT2D eigenvalue weighted by Gasteiger charge is -2.16. The van der Waals surface area contributed by atoms with Crippen molar-refractivity contribution < 1.29 is 24.5 Å². The molecule has 0 unspecified atom stereocenters. The molecule has 0 aliphatic heterocycles. The first-order valence-electron chi connectivity index (χ1n) is 6.88. The van der Waals surface area contributed by atoms with Gasteiger partial charge in [-0.1, -0.05) is 37.3 Å². The second kappa shape index (κ2) is 9.10. The highest BCUT2D eigenvalue weighted by Gasteiger charge is 2.22. The van der Waals surface area contributed by atoms with E-state index in [1.807, 2.05) is 30.3 Å². The van der Waals surface area contributed by atoms with Gasteiger partial charge < -0.3 is 20.3 Å². The number of amides is 1. The third-order valence-corrected chi connectivity index (χ3v) is 2.97. The molecule has 116 valence electrons. The number of hydrogen-bond acceptors (Lipinski definition) is 5. The predicted octanol–water partition coefficient (Wildman–Crippen LogP) is 1.00. The lowest BCUT2D eigenvalue weighted by Crippen LogP contribution is -2.37. The quantitative estimate of drug-likeness (QED) is 0.665. The summed E-state index contributed by atoms with van der Waals surface area (Å²) in [5, 5.41) is 21.5. The minimum Gasteiger partial charge on any atom is -0.445 e. The Morgan fingerprint density at radius 2 is 1.90 bits per heavy atom. The Bertz CT molecular complexity index is 449. The molecule has 0 aliphatic rings. The summed E-state index contributed by atoms with van der Waals surface area (Å²) in [6.07, 6.45) is -2.97. The minimum atomic E-state index is -1.41. The lowest BCUT2D eigenvalue weighted by molar-refractivity contribution is -0.132. The zero-order chi connectivity index (χ0) is 15.7. The summed E-state index contributed by atoms with van der Waals surface area (Å²) in [6, 6.07) is 9.24. The second-order valence-electron chi connectivity index (χ2n) is 4.61. The summed E-state index contributed by atoms with van der Waals surface area (Å²) in [4.78, 5) is 22.6. The van der Waals surface area contributed by atoms with Crippen molar-refractivity contribution in [2.75, 3.05) is 6.54 Å². The average molecular weight is 295 g/mol. The average Bonchev–Trinajstić information content (AvgIpc) is 2.52. The fourth-order valence-corrected chi connectivity index (χ4v) is 1.68. The molecule has 0 radical (unpaired) electrons. The molecule has 1 rings (SSSR count). The van der Waals surface area contributed by atoms with Crippen LogP contribution in [0.1, 0.15) is 25.3 Å². The largest absolute Gasteiger partial charge is 0.445 e. The Morgan fingerprint density at radius 1 is 1.24 bits per heavy atom. The smallest absolute Gasteiger partial charge is 0.407 e. The number of ether oxygens (including phenoxy) is 1. The van der Waals surface area contributed by atoms with Crippen LogP contribution < -0.4 is 5.32 Å². The number of Topliss-reactive ketones (excluding diaryl/α,β-unsaturated/α-hetero) is 1. The third-order valence-electron chi connectivity index (χ3n) is 2.97. The van der Waals surface area contributed by atoms with Gasteiger partial charge in [-0.15, -0.1) is 0 Å². The molecule has 0 saturated carbocycles. The van der Waals surface area contributed by atoms with E-state index in [4.69, 9.17) is 4.74 Å². The molecule has 6 nitrogen and oxygen atoms in total. The van der Waals surface area contributed by atoms with Crippen molar-refractivity contribution in [1.82, 2.24) is 5.32 Å². The molecule has 0 bridgehead atoms. The van der Waals surface area contributed by atoms with E-state index in [2.05, 4.69) is 5.32 Å². The Morgan fingerprint density at radius 3 is 2.52 bits per heavy atom. The summed E-state index contributed by atoms with van der Waals surface area (Å²) in [5.41, 5.74) is 0.872. The van der Waals surface area contributed by atoms with Crippen LogP contribution in [0.5, 0.6) is 0 Å². The maximum absolute atomic E-state index is 11.4. The topological polar surface area (TPSA) is 95.9 Å². The maximum Gasteiger partial charge on any atom is 0.407 e. The van der Waals surface area contributed by atoms with Crippen LogP contribution in [-0.4, -0.2) is 40.8 Å². The Hall–Kier alpha value is -1.92. The zero-order valence-corrected chi connectivity index (χ0v) is 12.0. The van der Waals surface area contributed by atoms with Gasteiger partial charge in [0, 0.05) is 13.0 Å². The van der Waals surface area contributed by atoms with Crippen LogP contribution in [0, 0.1) is 0 Å². The van der Waals surface area contributed by atoms with Crippen LogP contribution in [0.3, 0.4) is 0 Å². The van der Waals surface area contributed by atoms with E-state index in [0.717, 1.165) is 5.56 Å². The third kappa shape index (κ3) is 6.37. The number of benzene rings is 1. The molecular weight excluding hydrogens is 274 g/mol. The lowest BCUT2D eigenvalue weighted by atomic mass is 10.1. The zero-order valence-electron chi connectivity index (χ0n) is 12.0. The Labute approximate surface area is 123 Å². The molecule has 0 spiro atoms. The molecule has 0 aromatic heterocycles. The standard InChI is InChI=1S/C15H21NO5/c1-2-12(17)14(19)13(18)8-9-16-15(20)21-10-11-6-4-3-5-7-11/h3-7,13-14,18-19H,2,8-10H2,1H3,(H,16,20)/t13-,14-/m1/s1. The molecule has 1 aromatic carbocycles. The van der Waals surface area contributed by atoms with Gasteiger partial charge in [0.1, 0.15) is 12.7 Å². The normalized spacial score (nSPS) is 13.3. The van der Waals surface area contributed by atoms with Crippen LogP contribution in [0.15, 0.2) is 30.3 Å². The molecule has 6 heteroatoms. The van der Waals surface area contributed by atoms with E-state index in [-0.39, 0.29) is 26.0 Å². The van der Waals surface area contributed by atoms with Gasteiger partial charge in [-0.05, 0) is 12.0 Å². The van der Waals surface area contributed by atoms with Gasteiger partial charge in [-0.3, -0.25) is 4.79 Å². The van der Waals surface area contributed by atoms with E-state index in [0.29, 0.717) is 0 Å². The minimum absolute atomic E-state index is 0.0767. The molecule has 1 amide bonds. The fraction of sp³-hybridized carbons (Fsp3) is 0.467. The molecule has 1 aromatic rings. The van der Waals surface area contributed by atoms with Gasteiger partial charge in [0.05, 0.1) is 6.10 Å². The van der Waals surface area contributed by atoms with Crippen molar-refractivity contribution in [3.05, 3.63) is 35.9 Å². The summed E-state index contributed by atoms with van der Waals surface area (Å²) in [5.74, 6) is -0.422. The van der Waals surface area contributed by atoms with Crippen LogP contribution in [0.25, 0.3) is 0 Å². The highest BCUT2D eigenvalue weighted by atomic mass is 16.5. The summed E-state index contributed by atoms with van der Waals surface area (Å²) >= 11 is 0. The Balaban J connectivity index is 2.20. The number of rotatable bonds is 8. The van der Waals surface area contributed by atoms with Gasteiger partial charge in [0.25, 0.3) is 0 Å². The van der Waals surface area contributed by atoms with Crippen LogP contribution in [0.2, 0.25) is 0 Å². The fourth-order valence-electron chi connectivity index (χ4n) is 1.68. The van der Waals surface area contributed by atoms with Crippen molar-refractivity contribution in [2.24, 2.45) is 0 Å². The van der Waals surface area contributed by atoms with Crippen LogP contribution >= 0.6 is 0 Å². The first-order chi connectivity index (χ1) is 10.0. The van der Waals surface area contributed by atoms with Gasteiger partial charge in [0.2, 0.25) is 0 Å². The van der Waals surface area contributed by atoms with Crippen LogP contribution in [0.4, 0.5) is 4.79 Å². The molecule has 0 fully saturated rings. The number of ketones is 1. The molecule has 0 saturated heterocycles. The molecular formula is C15H21NO5. The highest BCUT2D eigenvalue weighted by molar-refractivity contribution is 5.83. The van der Waals surface area contributed by atoms with Gasteiger partial charge in [-0.25, -0.2) is 4.79 Å². The van der Waals surface area contributed by atoms with E-state index in [9.17, 15) is 19.8 Å². The van der Waals surface area contributed by atoms with Crippen molar-refractivity contribution in [1.29, 1.82) is 0 Å². The van der Waals surface area contributed by atoms with Gasteiger partial charge in [0.15, 0.2) is 5.78 Å². The van der Waals surface area contributed by atoms with Crippen molar-refractivity contribution in [2.45, 2.75) is 38.6 Å². The SMILES string of the molecule is CCC(=O)[C@@H](O)[C@H](O)CCNC(=O)OCc1ccccc1. The first-order valence-corrected chi connectivity index (χ1v) is 6.88. The Kier molecular flexibility index (Phi) is 7.42. The molecule has 3 N–H and O–H groups in total. The summed E-state index contributed by atoms with van der Waals surface area (Å²) in [7, 11) is 0.